The van der Waals surface area contributed by atoms with Crippen molar-refractivity contribution >= 4 is 5.69 Å². The summed E-state index contributed by atoms with van der Waals surface area (Å²) in [4.78, 5) is 0. The Morgan fingerprint density at radius 1 is 1.43 bits per heavy atom. The van der Waals surface area contributed by atoms with Crippen molar-refractivity contribution in [2.45, 2.75) is 13.5 Å². The van der Waals surface area contributed by atoms with Crippen LogP contribution in [0, 0.1) is 5.82 Å². The zero-order valence-corrected chi connectivity index (χ0v) is 7.56. The maximum Gasteiger partial charge on any atom is 0.387 e. The zero-order valence-electron chi connectivity index (χ0n) is 7.56. The van der Waals surface area contributed by atoms with Crippen molar-refractivity contribution in [2.75, 3.05) is 11.9 Å². The molecule has 0 aliphatic heterocycles. The normalized spacial score (nSPS) is 10.4. The average Bonchev–Trinajstić information content (AvgIpc) is 2.10. The summed E-state index contributed by atoms with van der Waals surface area (Å²) in [7, 11) is 0. The van der Waals surface area contributed by atoms with Gasteiger partial charge in [0.25, 0.3) is 0 Å². The molecule has 1 aromatic rings. The summed E-state index contributed by atoms with van der Waals surface area (Å²) >= 11 is 0. The fourth-order valence-corrected chi connectivity index (χ4v) is 1.01. The minimum Gasteiger partial charge on any atom is -0.432 e. The van der Waals surface area contributed by atoms with Crippen LogP contribution >= 0.6 is 0 Å². The molecule has 0 unspecified atom stereocenters. The molecular formula is C9H10F3NO. The Morgan fingerprint density at radius 2 is 2.14 bits per heavy atom. The van der Waals surface area contributed by atoms with Crippen molar-refractivity contribution in [3.8, 4) is 5.75 Å². The molecule has 0 aliphatic rings. The number of hydrogen-bond acceptors (Lipinski definition) is 2. The van der Waals surface area contributed by atoms with E-state index in [1.807, 2.05) is 6.92 Å². The van der Waals surface area contributed by atoms with Crippen LogP contribution in [0.15, 0.2) is 18.2 Å². The molecule has 0 heterocycles. The predicted molar refractivity (Wildman–Crippen MR) is 47.2 cm³/mol. The highest BCUT2D eigenvalue weighted by atomic mass is 19.3. The Bertz CT molecular complexity index is 304. The van der Waals surface area contributed by atoms with Gasteiger partial charge in [0, 0.05) is 18.3 Å². The first-order valence-corrected chi connectivity index (χ1v) is 4.11. The van der Waals surface area contributed by atoms with Crippen molar-refractivity contribution in [2.24, 2.45) is 0 Å². The molecule has 1 rings (SSSR count). The fraction of sp³-hybridized carbons (Fsp3) is 0.333. The Kier molecular flexibility index (Phi) is 3.62. The van der Waals surface area contributed by atoms with E-state index in [1.165, 1.54) is 12.1 Å². The first kappa shape index (κ1) is 10.7. The molecule has 0 radical (unpaired) electrons. The summed E-state index contributed by atoms with van der Waals surface area (Å²) < 4.78 is 40.5. The molecule has 0 saturated heterocycles. The molecule has 0 saturated carbocycles. The first-order valence-electron chi connectivity index (χ1n) is 4.11. The van der Waals surface area contributed by atoms with Crippen molar-refractivity contribution in [1.29, 1.82) is 0 Å². The molecule has 0 bridgehead atoms. The molecule has 0 amide bonds. The number of hydrogen-bond donors (Lipinski definition) is 1. The highest BCUT2D eigenvalue weighted by molar-refractivity contribution is 5.47. The van der Waals surface area contributed by atoms with Gasteiger partial charge in [-0.1, -0.05) is 0 Å². The van der Waals surface area contributed by atoms with Crippen LogP contribution in [0.3, 0.4) is 0 Å². The highest BCUT2D eigenvalue weighted by Gasteiger charge is 2.09. The molecule has 78 valence electrons. The molecule has 0 fully saturated rings. The molecule has 0 aromatic heterocycles. The Hall–Kier alpha value is -1.39. The van der Waals surface area contributed by atoms with E-state index in [2.05, 4.69) is 10.1 Å². The standard InChI is InChI=1S/C9H10F3NO/c1-2-13-6-3-4-8(7(10)5-6)14-9(11)12/h3-5,9,13H,2H2,1H3. The predicted octanol–water partition coefficient (Wildman–Crippen LogP) is 2.86. The van der Waals surface area contributed by atoms with E-state index in [1.54, 1.807) is 0 Å². The number of ether oxygens (including phenoxy) is 1. The fourth-order valence-electron chi connectivity index (χ4n) is 1.01. The Labute approximate surface area is 79.7 Å². The van der Waals surface area contributed by atoms with E-state index in [0.717, 1.165) is 6.07 Å². The molecular weight excluding hydrogens is 195 g/mol. The monoisotopic (exact) mass is 205 g/mol. The molecule has 1 N–H and O–H groups in total. The molecule has 0 spiro atoms. The Morgan fingerprint density at radius 3 is 2.64 bits per heavy atom. The van der Waals surface area contributed by atoms with E-state index in [4.69, 9.17) is 0 Å². The van der Waals surface area contributed by atoms with E-state index >= 15 is 0 Å². The SMILES string of the molecule is CCNc1ccc(OC(F)F)c(F)c1. The lowest BCUT2D eigenvalue weighted by molar-refractivity contribution is -0.0521. The van der Waals surface area contributed by atoms with Crippen LogP contribution in [0.4, 0.5) is 18.9 Å². The summed E-state index contributed by atoms with van der Waals surface area (Å²) in [5.74, 6) is -1.24. The Balaban J connectivity index is 2.79. The summed E-state index contributed by atoms with van der Waals surface area (Å²) in [5, 5.41) is 2.85. The third-order valence-electron chi connectivity index (χ3n) is 1.53. The second-order valence-corrected chi connectivity index (χ2v) is 2.55. The number of rotatable bonds is 4. The van der Waals surface area contributed by atoms with Crippen LogP contribution in [0.2, 0.25) is 0 Å². The number of nitrogens with one attached hydrogen (secondary N) is 1. The van der Waals surface area contributed by atoms with Gasteiger partial charge in [0.05, 0.1) is 0 Å². The third-order valence-corrected chi connectivity index (χ3v) is 1.53. The maximum atomic E-state index is 13.0. The smallest absolute Gasteiger partial charge is 0.387 e. The minimum absolute atomic E-state index is 0.443. The van der Waals surface area contributed by atoms with Gasteiger partial charge in [0.15, 0.2) is 11.6 Å². The van der Waals surface area contributed by atoms with Gasteiger partial charge in [-0.25, -0.2) is 4.39 Å². The summed E-state index contributed by atoms with van der Waals surface area (Å²) in [5.41, 5.74) is 0.534. The average molecular weight is 205 g/mol. The number of halogens is 3. The minimum atomic E-state index is -3.01. The summed E-state index contributed by atoms with van der Waals surface area (Å²) in [6.45, 7) is -0.523. The van der Waals surface area contributed by atoms with Gasteiger partial charge < -0.3 is 10.1 Å². The number of anilines is 1. The van der Waals surface area contributed by atoms with E-state index in [9.17, 15) is 13.2 Å². The van der Waals surface area contributed by atoms with Crippen LogP contribution in [0.5, 0.6) is 5.75 Å². The van der Waals surface area contributed by atoms with Crippen LogP contribution in [0.1, 0.15) is 6.92 Å². The molecule has 0 atom stereocenters. The van der Waals surface area contributed by atoms with Crippen molar-refractivity contribution in [3.05, 3.63) is 24.0 Å². The van der Waals surface area contributed by atoms with Crippen molar-refractivity contribution < 1.29 is 17.9 Å². The lowest BCUT2D eigenvalue weighted by Crippen LogP contribution is -2.04. The topological polar surface area (TPSA) is 21.3 Å². The maximum absolute atomic E-state index is 13.0. The van der Waals surface area contributed by atoms with Crippen LogP contribution in [0.25, 0.3) is 0 Å². The molecule has 0 aliphatic carbocycles. The van der Waals surface area contributed by atoms with Gasteiger partial charge in [-0.15, -0.1) is 0 Å². The van der Waals surface area contributed by atoms with Crippen molar-refractivity contribution in [3.63, 3.8) is 0 Å². The quantitative estimate of drug-likeness (QED) is 0.816. The number of benzene rings is 1. The van der Waals surface area contributed by atoms with Gasteiger partial charge in [-0.05, 0) is 19.1 Å². The van der Waals surface area contributed by atoms with Crippen molar-refractivity contribution in [1.82, 2.24) is 0 Å². The third kappa shape index (κ3) is 2.83. The lowest BCUT2D eigenvalue weighted by Gasteiger charge is -2.07. The van der Waals surface area contributed by atoms with E-state index < -0.39 is 18.2 Å². The number of alkyl halides is 2. The van der Waals surface area contributed by atoms with E-state index in [-0.39, 0.29) is 0 Å². The van der Waals surface area contributed by atoms with Gasteiger partial charge in [-0.2, -0.15) is 8.78 Å². The molecule has 14 heavy (non-hydrogen) atoms. The molecule has 5 heteroatoms. The van der Waals surface area contributed by atoms with Gasteiger partial charge >= 0.3 is 6.61 Å². The van der Waals surface area contributed by atoms with Gasteiger partial charge in [0.1, 0.15) is 0 Å². The van der Waals surface area contributed by atoms with E-state index in [0.29, 0.717) is 12.2 Å². The molecule has 2 nitrogen and oxygen atoms in total. The van der Waals surface area contributed by atoms with Crippen LogP contribution < -0.4 is 10.1 Å². The summed E-state index contributed by atoms with van der Waals surface area (Å²) in [6.07, 6.45) is 0. The zero-order chi connectivity index (χ0) is 10.6. The van der Waals surface area contributed by atoms with Crippen LogP contribution in [-0.2, 0) is 0 Å². The second-order valence-electron chi connectivity index (χ2n) is 2.55. The largest absolute Gasteiger partial charge is 0.432 e. The van der Waals surface area contributed by atoms with Gasteiger partial charge in [0.2, 0.25) is 0 Å². The highest BCUT2D eigenvalue weighted by Crippen LogP contribution is 2.22. The molecule has 1 aromatic carbocycles. The van der Waals surface area contributed by atoms with Gasteiger partial charge in [-0.3, -0.25) is 0 Å². The lowest BCUT2D eigenvalue weighted by atomic mass is 10.3. The summed E-state index contributed by atoms with van der Waals surface area (Å²) in [6, 6.07) is 3.75. The van der Waals surface area contributed by atoms with Crippen LogP contribution in [-0.4, -0.2) is 13.2 Å². The first-order chi connectivity index (χ1) is 6.63. The second kappa shape index (κ2) is 4.74.